The van der Waals surface area contributed by atoms with Gasteiger partial charge >= 0.3 is 6.01 Å². The molecule has 3 aliphatic heterocycles. The van der Waals surface area contributed by atoms with E-state index in [4.69, 9.17) is 14.5 Å². The number of alkyl halides is 1. The zero-order chi connectivity index (χ0) is 30.6. The van der Waals surface area contributed by atoms with Gasteiger partial charge in [0.05, 0.1) is 42.3 Å². The Morgan fingerprint density at radius 1 is 1.23 bits per heavy atom. The van der Waals surface area contributed by atoms with Crippen molar-refractivity contribution in [2.75, 3.05) is 52.6 Å². The molecule has 7 rings (SSSR count). The number of aliphatic hydroxyl groups is 1. The highest BCUT2D eigenvalue weighted by Crippen LogP contribution is 2.42. The van der Waals surface area contributed by atoms with Crippen molar-refractivity contribution in [2.24, 2.45) is 5.92 Å². The minimum Gasteiger partial charge on any atom is -0.508 e. The van der Waals surface area contributed by atoms with Gasteiger partial charge in [0.1, 0.15) is 47.5 Å². The van der Waals surface area contributed by atoms with Gasteiger partial charge in [0.15, 0.2) is 5.82 Å². The molecule has 0 saturated carbocycles. The molecule has 5 heterocycles. The second-order valence-corrected chi connectivity index (χ2v) is 12.8. The van der Waals surface area contributed by atoms with E-state index in [0.29, 0.717) is 61.2 Å². The molecule has 4 atom stereocenters. The van der Waals surface area contributed by atoms with Crippen LogP contribution in [-0.2, 0) is 4.74 Å². The van der Waals surface area contributed by atoms with E-state index < -0.39 is 23.3 Å². The summed E-state index contributed by atoms with van der Waals surface area (Å²) in [6.45, 7) is 3.04. The fraction of sp³-hybridized carbons (Fsp3) is 0.452. The number of nitrogens with zero attached hydrogens (tertiary/aromatic N) is 4. The average molecular weight is 676 g/mol. The maximum absolute atomic E-state index is 16.7. The Morgan fingerprint density at radius 2 is 2.09 bits per heavy atom. The van der Waals surface area contributed by atoms with Gasteiger partial charge in [0.2, 0.25) is 5.82 Å². The van der Waals surface area contributed by atoms with Crippen molar-refractivity contribution >= 4 is 43.4 Å². The summed E-state index contributed by atoms with van der Waals surface area (Å²) in [5.41, 5.74) is -0.445. The van der Waals surface area contributed by atoms with Gasteiger partial charge in [-0.25, -0.2) is 13.2 Å². The molecule has 2 aromatic carbocycles. The molecular formula is C31H32BrF3N5O4+. The maximum atomic E-state index is 16.7. The van der Waals surface area contributed by atoms with Crippen molar-refractivity contribution in [1.29, 1.82) is 0 Å². The minimum atomic E-state index is -0.934. The van der Waals surface area contributed by atoms with E-state index >= 15 is 4.39 Å². The Hall–Kier alpha value is -3.10. The van der Waals surface area contributed by atoms with Crippen molar-refractivity contribution in [2.45, 2.75) is 31.0 Å². The molecule has 3 aliphatic rings. The minimum absolute atomic E-state index is 0.0433. The number of rotatable bonds is 6. The van der Waals surface area contributed by atoms with E-state index in [-0.39, 0.29) is 52.1 Å². The third-order valence-electron chi connectivity index (χ3n) is 9.17. The summed E-state index contributed by atoms with van der Waals surface area (Å²) in [7, 11) is 0. The van der Waals surface area contributed by atoms with Crippen LogP contribution in [0.15, 0.2) is 34.9 Å². The number of fused-ring (bicyclic) bond motifs is 3. The molecule has 13 heteroatoms. The van der Waals surface area contributed by atoms with Gasteiger partial charge in [0, 0.05) is 30.1 Å². The van der Waals surface area contributed by atoms with Gasteiger partial charge in [0.25, 0.3) is 0 Å². The Kier molecular flexibility index (Phi) is 7.86. The normalized spacial score (nSPS) is 25.9. The molecule has 2 aromatic heterocycles. The molecule has 4 aromatic rings. The lowest BCUT2D eigenvalue weighted by Gasteiger charge is -2.30. The van der Waals surface area contributed by atoms with Crippen LogP contribution < -0.4 is 9.64 Å². The number of aromatic nitrogens is 3. The van der Waals surface area contributed by atoms with Gasteiger partial charge in [-0.1, -0.05) is 6.07 Å². The molecule has 0 bridgehead atoms. The lowest BCUT2D eigenvalue weighted by molar-refractivity contribution is -0.835. The highest BCUT2D eigenvalue weighted by atomic mass is 79.9. The number of aromatic hydroxyl groups is 1. The summed E-state index contributed by atoms with van der Waals surface area (Å²) in [6, 6.07) is 5.53. The topological polar surface area (TPSA) is 105 Å². The second-order valence-electron chi connectivity index (χ2n) is 12.0. The largest absolute Gasteiger partial charge is 0.508 e. The number of aliphatic hydroxyl groups excluding tert-OH is 1. The van der Waals surface area contributed by atoms with E-state index in [2.05, 4.69) is 30.8 Å². The van der Waals surface area contributed by atoms with Crippen molar-refractivity contribution in [3.8, 4) is 23.0 Å². The number of halogens is 4. The van der Waals surface area contributed by atoms with Gasteiger partial charge in [-0.3, -0.25) is 14.8 Å². The summed E-state index contributed by atoms with van der Waals surface area (Å²) in [6.07, 6.45) is 2.64. The molecule has 9 nitrogen and oxygen atoms in total. The van der Waals surface area contributed by atoms with E-state index in [9.17, 15) is 19.0 Å². The molecule has 0 amide bonds. The monoisotopic (exact) mass is 674 g/mol. The Balaban J connectivity index is 1.37. The molecule has 3 saturated heterocycles. The Bertz CT molecular complexity index is 1750. The number of phenolic OH excluding ortho intramolecular Hbond substituents is 1. The lowest BCUT2D eigenvalue weighted by atomic mass is 9.95. The lowest BCUT2D eigenvalue weighted by Crippen LogP contribution is -3.08. The SMILES string of the molecule is OCC1COCC[NH+](c2nc(OC[C@@]34CCCN3C[C@H](F)C4)nc3c(F)c(-c4cc(O)cc5ccc(F)c(Br)c45)ncc23)C1. The van der Waals surface area contributed by atoms with E-state index in [0.717, 1.165) is 24.3 Å². The van der Waals surface area contributed by atoms with Crippen molar-refractivity contribution in [1.82, 2.24) is 19.9 Å². The third kappa shape index (κ3) is 5.18. The maximum Gasteiger partial charge on any atom is 0.322 e. The highest BCUT2D eigenvalue weighted by Gasteiger charge is 2.49. The first-order valence-electron chi connectivity index (χ1n) is 14.8. The zero-order valence-electron chi connectivity index (χ0n) is 23.8. The second kappa shape index (κ2) is 11.7. The number of hydrogen-bond donors (Lipinski definition) is 3. The van der Waals surface area contributed by atoms with Crippen molar-refractivity contribution in [3.63, 3.8) is 0 Å². The first-order chi connectivity index (χ1) is 21.3. The first-order valence-corrected chi connectivity index (χ1v) is 15.6. The van der Waals surface area contributed by atoms with E-state index in [1.54, 1.807) is 0 Å². The van der Waals surface area contributed by atoms with Crippen LogP contribution >= 0.6 is 15.9 Å². The third-order valence-corrected chi connectivity index (χ3v) is 9.95. The smallest absolute Gasteiger partial charge is 0.322 e. The quantitative estimate of drug-likeness (QED) is 0.285. The average Bonchev–Trinajstić information content (AvgIpc) is 3.42. The Labute approximate surface area is 259 Å². The zero-order valence-corrected chi connectivity index (χ0v) is 25.4. The van der Waals surface area contributed by atoms with Gasteiger partial charge < -0.3 is 19.7 Å². The summed E-state index contributed by atoms with van der Waals surface area (Å²) in [5, 5.41) is 21.6. The summed E-state index contributed by atoms with van der Waals surface area (Å²) < 4.78 is 57.7. The fourth-order valence-electron chi connectivity index (χ4n) is 7.06. The number of nitrogens with one attached hydrogen (secondary N) is 1. The molecule has 3 fully saturated rings. The van der Waals surface area contributed by atoms with Crippen LogP contribution in [0, 0.1) is 17.6 Å². The number of pyridine rings is 1. The van der Waals surface area contributed by atoms with E-state index in [1.807, 2.05) is 0 Å². The molecule has 0 spiro atoms. The number of hydrogen-bond acceptors (Lipinski definition) is 8. The number of phenols is 1. The molecule has 2 unspecified atom stereocenters. The predicted octanol–water partition coefficient (Wildman–Crippen LogP) is 3.70. The number of quaternary nitrogens is 1. The van der Waals surface area contributed by atoms with Crippen LogP contribution in [0.5, 0.6) is 11.8 Å². The number of benzene rings is 2. The fourth-order valence-corrected chi connectivity index (χ4v) is 7.64. The molecule has 0 radical (unpaired) electrons. The van der Waals surface area contributed by atoms with Crippen LogP contribution in [0.1, 0.15) is 19.3 Å². The van der Waals surface area contributed by atoms with Crippen molar-refractivity contribution < 1.29 is 37.8 Å². The van der Waals surface area contributed by atoms with Gasteiger partial charge in [-0.15, -0.1) is 4.98 Å². The Morgan fingerprint density at radius 3 is 2.93 bits per heavy atom. The van der Waals surface area contributed by atoms with Crippen LogP contribution in [0.3, 0.4) is 0 Å². The summed E-state index contributed by atoms with van der Waals surface area (Å²) in [5.74, 6) is -1.16. The van der Waals surface area contributed by atoms with Crippen molar-refractivity contribution in [3.05, 3.63) is 46.6 Å². The van der Waals surface area contributed by atoms with Gasteiger partial charge in [-0.05, 0) is 58.9 Å². The molecule has 232 valence electrons. The van der Waals surface area contributed by atoms with Crippen LogP contribution in [0.25, 0.3) is 32.9 Å². The molecule has 3 N–H and O–H groups in total. The van der Waals surface area contributed by atoms with Crippen LogP contribution in [0.2, 0.25) is 0 Å². The first kappa shape index (κ1) is 29.6. The standard InChI is InChI=1S/C31H31BrF3N5O4/c32-25-23(34)3-2-18-8-20(42)9-21(24(18)25)27-26(35)28-22(11-36-27)29(39-6-7-43-15-17(12-39)14-41)38-30(37-28)44-16-31-4-1-5-40(31)13-19(33)10-31/h2-3,8-9,11,17,19,41-42H,1,4-7,10,12-16H2/p+1/t17?,19-,31+/m1/s1. The molecule has 0 aliphatic carbocycles. The molecular weight excluding hydrogens is 643 g/mol. The predicted molar refractivity (Wildman–Crippen MR) is 160 cm³/mol. The molecule has 44 heavy (non-hydrogen) atoms. The van der Waals surface area contributed by atoms with Crippen LogP contribution in [0.4, 0.5) is 19.0 Å². The van der Waals surface area contributed by atoms with E-state index in [1.165, 1.54) is 30.5 Å². The highest BCUT2D eigenvalue weighted by molar-refractivity contribution is 9.10. The number of ether oxygens (including phenoxy) is 2. The summed E-state index contributed by atoms with van der Waals surface area (Å²) >= 11 is 3.28. The van der Waals surface area contributed by atoms with Gasteiger partial charge in [-0.2, -0.15) is 4.98 Å². The summed E-state index contributed by atoms with van der Waals surface area (Å²) in [4.78, 5) is 16.7. The van der Waals surface area contributed by atoms with Crippen LogP contribution in [-0.4, -0.2) is 94.4 Å².